The van der Waals surface area contributed by atoms with Crippen molar-refractivity contribution < 1.29 is 19.0 Å². The van der Waals surface area contributed by atoms with Crippen LogP contribution >= 0.6 is 11.6 Å². The molecular formula is C19H20ClFN2O4. The molecule has 27 heavy (non-hydrogen) atoms. The summed E-state index contributed by atoms with van der Waals surface area (Å²) in [6, 6.07) is 1.29. The number of carbonyl (C=O) groups is 1. The summed E-state index contributed by atoms with van der Waals surface area (Å²) in [6.45, 7) is 1.28. The molecule has 1 aromatic carbocycles. The maximum Gasteiger partial charge on any atom is 0.341 e. The van der Waals surface area contributed by atoms with Crippen LogP contribution in [0.15, 0.2) is 17.1 Å². The Labute approximate surface area is 160 Å². The molecule has 1 aromatic heterocycles. The molecule has 1 saturated heterocycles. The number of carboxylic acids is 1. The number of benzene rings is 1. The quantitative estimate of drug-likeness (QED) is 0.842. The van der Waals surface area contributed by atoms with E-state index in [2.05, 4.69) is 4.90 Å². The number of rotatable bonds is 5. The molecule has 0 radical (unpaired) electrons. The third-order valence-electron chi connectivity index (χ3n) is 5.43. The molecule has 2 aromatic rings. The topological polar surface area (TPSA) is 71.8 Å². The summed E-state index contributed by atoms with van der Waals surface area (Å²) in [5.41, 5.74) is -0.784. The summed E-state index contributed by atoms with van der Waals surface area (Å²) >= 11 is 6.46. The average molecular weight is 395 g/mol. The molecule has 4 rings (SSSR count). The molecule has 0 unspecified atom stereocenters. The van der Waals surface area contributed by atoms with Gasteiger partial charge >= 0.3 is 5.97 Å². The zero-order valence-corrected chi connectivity index (χ0v) is 15.6. The molecular weight excluding hydrogens is 375 g/mol. The van der Waals surface area contributed by atoms with Crippen molar-refractivity contribution >= 4 is 28.5 Å². The highest BCUT2D eigenvalue weighted by Crippen LogP contribution is 2.42. The third kappa shape index (κ3) is 3.19. The van der Waals surface area contributed by atoms with Gasteiger partial charge in [0.1, 0.15) is 17.2 Å². The van der Waals surface area contributed by atoms with Crippen molar-refractivity contribution in [2.45, 2.75) is 37.8 Å². The number of hydrogen-bond donors (Lipinski definition) is 1. The van der Waals surface area contributed by atoms with Gasteiger partial charge in [-0.3, -0.25) is 4.79 Å². The van der Waals surface area contributed by atoms with Crippen molar-refractivity contribution in [3.8, 4) is 5.75 Å². The smallest absolute Gasteiger partial charge is 0.341 e. The van der Waals surface area contributed by atoms with Crippen LogP contribution in [0.1, 0.15) is 42.1 Å². The van der Waals surface area contributed by atoms with E-state index in [0.29, 0.717) is 12.1 Å². The Bertz CT molecular complexity index is 986. The molecule has 0 spiro atoms. The zero-order valence-electron chi connectivity index (χ0n) is 14.9. The number of aromatic nitrogens is 1. The Hall–Kier alpha value is -2.12. The van der Waals surface area contributed by atoms with Gasteiger partial charge < -0.3 is 19.3 Å². The summed E-state index contributed by atoms with van der Waals surface area (Å²) in [6.07, 6.45) is 5.06. The SMILES string of the molecule is CN1CCC[C@@H]1COc1c(F)cc2c(=O)c(C(=O)O)cn(C3CC3)c2c1Cl. The normalized spacial score (nSPS) is 20.3. The Kier molecular flexibility index (Phi) is 4.60. The van der Waals surface area contributed by atoms with Crippen molar-refractivity contribution in [2.24, 2.45) is 0 Å². The first-order valence-corrected chi connectivity index (χ1v) is 9.39. The number of hydrogen-bond acceptors (Lipinski definition) is 4. The number of halogens is 2. The van der Waals surface area contributed by atoms with Crippen molar-refractivity contribution in [1.82, 2.24) is 9.47 Å². The Balaban J connectivity index is 1.82. The van der Waals surface area contributed by atoms with Gasteiger partial charge in [0, 0.05) is 18.3 Å². The van der Waals surface area contributed by atoms with Gasteiger partial charge in [0.25, 0.3) is 0 Å². The van der Waals surface area contributed by atoms with Crippen LogP contribution in [0, 0.1) is 5.82 Å². The molecule has 0 amide bonds. The lowest BCUT2D eigenvalue weighted by Gasteiger charge is -2.21. The number of fused-ring (bicyclic) bond motifs is 1. The fourth-order valence-electron chi connectivity index (χ4n) is 3.72. The number of aromatic carboxylic acids is 1. The lowest BCUT2D eigenvalue weighted by atomic mass is 10.1. The molecule has 2 aliphatic rings. The van der Waals surface area contributed by atoms with Crippen LogP contribution in [0.4, 0.5) is 4.39 Å². The summed E-state index contributed by atoms with van der Waals surface area (Å²) in [7, 11) is 2.00. The highest BCUT2D eigenvalue weighted by Gasteiger charge is 2.30. The Morgan fingerprint density at radius 2 is 2.15 bits per heavy atom. The molecule has 2 fully saturated rings. The molecule has 1 atom stereocenters. The molecule has 1 aliphatic carbocycles. The number of likely N-dealkylation sites (tertiary alicyclic amines) is 1. The third-order valence-corrected chi connectivity index (χ3v) is 5.78. The van der Waals surface area contributed by atoms with E-state index in [0.717, 1.165) is 38.3 Å². The van der Waals surface area contributed by atoms with Gasteiger partial charge in [0.05, 0.1) is 10.9 Å². The van der Waals surface area contributed by atoms with E-state index in [1.54, 1.807) is 4.57 Å². The van der Waals surface area contributed by atoms with Crippen molar-refractivity contribution in [3.63, 3.8) is 0 Å². The van der Waals surface area contributed by atoms with Gasteiger partial charge in [0.2, 0.25) is 5.43 Å². The van der Waals surface area contributed by atoms with E-state index in [-0.39, 0.29) is 33.8 Å². The summed E-state index contributed by atoms with van der Waals surface area (Å²) < 4.78 is 22.1. The summed E-state index contributed by atoms with van der Waals surface area (Å²) in [4.78, 5) is 26.1. The van der Waals surface area contributed by atoms with Crippen LogP contribution < -0.4 is 10.2 Å². The molecule has 1 saturated carbocycles. The van der Waals surface area contributed by atoms with E-state index < -0.39 is 17.2 Å². The lowest BCUT2D eigenvalue weighted by molar-refractivity contribution is 0.0695. The standard InChI is InChI=1S/C19H20ClFN2O4/c1-22-6-2-3-11(22)9-27-18-14(21)7-12-16(15(18)20)23(10-4-5-10)8-13(17(12)24)19(25)26/h7-8,10-11H,2-6,9H2,1H3,(H,25,26)/t11-/m1/s1. The minimum atomic E-state index is -1.34. The van der Waals surface area contributed by atoms with Gasteiger partial charge in [-0.05, 0) is 45.3 Å². The molecule has 1 N–H and O–H groups in total. The summed E-state index contributed by atoms with van der Waals surface area (Å²) in [5.74, 6) is -2.17. The fourth-order valence-corrected chi connectivity index (χ4v) is 4.06. The van der Waals surface area contributed by atoms with Gasteiger partial charge in [-0.1, -0.05) is 11.6 Å². The molecule has 0 bridgehead atoms. The predicted molar refractivity (Wildman–Crippen MR) is 99.6 cm³/mol. The maximum absolute atomic E-state index is 14.7. The fraction of sp³-hybridized carbons (Fsp3) is 0.474. The number of pyridine rings is 1. The van der Waals surface area contributed by atoms with Gasteiger partial charge in [-0.2, -0.15) is 0 Å². The number of likely N-dealkylation sites (N-methyl/N-ethyl adjacent to an activating group) is 1. The molecule has 6 nitrogen and oxygen atoms in total. The average Bonchev–Trinajstić information content (AvgIpc) is 3.38. The number of ether oxygens (including phenoxy) is 1. The first kappa shape index (κ1) is 18.3. The second-order valence-corrected chi connectivity index (χ2v) is 7.68. The van der Waals surface area contributed by atoms with Crippen LogP contribution in [0.5, 0.6) is 5.75 Å². The van der Waals surface area contributed by atoms with Crippen molar-refractivity contribution in [3.05, 3.63) is 38.9 Å². The van der Waals surface area contributed by atoms with Crippen molar-refractivity contribution in [1.29, 1.82) is 0 Å². The predicted octanol–water partition coefficient (Wildman–Crippen LogP) is 3.30. The first-order valence-electron chi connectivity index (χ1n) is 9.01. The molecule has 144 valence electrons. The minimum Gasteiger partial charge on any atom is -0.487 e. The maximum atomic E-state index is 14.7. The summed E-state index contributed by atoms with van der Waals surface area (Å²) in [5, 5.41) is 9.29. The number of carboxylic acid groups (broad SMARTS) is 1. The highest BCUT2D eigenvalue weighted by atomic mass is 35.5. The van der Waals surface area contributed by atoms with Gasteiger partial charge in [0.15, 0.2) is 11.6 Å². The van der Waals surface area contributed by atoms with Crippen LogP contribution in [-0.2, 0) is 0 Å². The van der Waals surface area contributed by atoms with Gasteiger partial charge in [-0.25, -0.2) is 9.18 Å². The van der Waals surface area contributed by atoms with Crippen LogP contribution in [-0.4, -0.2) is 46.8 Å². The van der Waals surface area contributed by atoms with Crippen LogP contribution in [0.25, 0.3) is 10.9 Å². The molecule has 8 heteroatoms. The van der Waals surface area contributed by atoms with Crippen LogP contribution in [0.3, 0.4) is 0 Å². The first-order chi connectivity index (χ1) is 12.9. The highest BCUT2D eigenvalue weighted by molar-refractivity contribution is 6.36. The van der Waals surface area contributed by atoms with Crippen molar-refractivity contribution in [2.75, 3.05) is 20.2 Å². The van der Waals surface area contributed by atoms with E-state index >= 15 is 0 Å². The second kappa shape index (κ2) is 6.80. The van der Waals surface area contributed by atoms with Crippen LogP contribution in [0.2, 0.25) is 5.02 Å². The minimum absolute atomic E-state index is 0.0200. The van der Waals surface area contributed by atoms with E-state index in [9.17, 15) is 19.1 Å². The second-order valence-electron chi connectivity index (χ2n) is 7.30. The zero-order chi connectivity index (χ0) is 19.3. The Morgan fingerprint density at radius 3 is 2.74 bits per heavy atom. The number of nitrogens with zero attached hydrogens (tertiary/aromatic N) is 2. The van der Waals surface area contributed by atoms with E-state index in [4.69, 9.17) is 16.3 Å². The van der Waals surface area contributed by atoms with E-state index in [1.165, 1.54) is 6.20 Å². The molecule has 2 heterocycles. The largest absolute Gasteiger partial charge is 0.487 e. The Morgan fingerprint density at radius 1 is 1.41 bits per heavy atom. The lowest BCUT2D eigenvalue weighted by Crippen LogP contribution is -2.30. The van der Waals surface area contributed by atoms with Gasteiger partial charge in [-0.15, -0.1) is 0 Å². The monoisotopic (exact) mass is 394 g/mol. The van der Waals surface area contributed by atoms with E-state index in [1.807, 2.05) is 7.05 Å². The molecule has 1 aliphatic heterocycles.